The number of para-hydroxylation sites is 1. The van der Waals surface area contributed by atoms with Crippen LogP contribution in [0.5, 0.6) is 0 Å². The lowest BCUT2D eigenvalue weighted by Crippen LogP contribution is -2.38. The Morgan fingerprint density at radius 3 is 2.54 bits per heavy atom. The van der Waals surface area contributed by atoms with Gasteiger partial charge in [0.05, 0.1) is 22.0 Å². The second-order valence-corrected chi connectivity index (χ2v) is 10.6. The fourth-order valence-electron chi connectivity index (χ4n) is 2.86. The first-order chi connectivity index (χ1) is 12.2. The van der Waals surface area contributed by atoms with Crippen LogP contribution in [0.4, 0.5) is 11.4 Å². The number of hydrogen-bond donors (Lipinski definition) is 1. The Morgan fingerprint density at radius 2 is 1.85 bits per heavy atom. The maximum absolute atomic E-state index is 12.9. The summed E-state index contributed by atoms with van der Waals surface area (Å²) < 4.78 is 54.9. The summed E-state index contributed by atoms with van der Waals surface area (Å²) in [5, 5.41) is 0. The molecule has 140 valence electrons. The molecule has 1 aliphatic rings. The minimum absolute atomic E-state index is 0.0616. The van der Waals surface area contributed by atoms with Crippen molar-refractivity contribution in [3.05, 3.63) is 52.5 Å². The van der Waals surface area contributed by atoms with Crippen molar-refractivity contribution in [2.45, 2.75) is 24.7 Å². The van der Waals surface area contributed by atoms with E-state index in [-0.39, 0.29) is 10.6 Å². The van der Waals surface area contributed by atoms with Crippen LogP contribution in [0.1, 0.15) is 18.4 Å². The first kappa shape index (κ1) is 19.2. The molecule has 0 unspecified atom stereocenters. The van der Waals surface area contributed by atoms with Crippen molar-refractivity contribution in [3.63, 3.8) is 0 Å². The van der Waals surface area contributed by atoms with E-state index in [4.69, 9.17) is 0 Å². The van der Waals surface area contributed by atoms with E-state index in [9.17, 15) is 16.8 Å². The summed E-state index contributed by atoms with van der Waals surface area (Å²) in [6, 6.07) is 11.6. The average molecular weight is 459 g/mol. The maximum Gasteiger partial charge on any atom is 0.262 e. The summed E-state index contributed by atoms with van der Waals surface area (Å²) in [6.45, 7) is 2.05. The van der Waals surface area contributed by atoms with E-state index in [2.05, 4.69) is 20.7 Å². The molecular formula is C17H19BrN2O4S2. The summed E-state index contributed by atoms with van der Waals surface area (Å²) in [5.74, 6) is 0.0815. The normalized spacial score (nSPS) is 17.1. The molecular weight excluding hydrogens is 440 g/mol. The van der Waals surface area contributed by atoms with Crippen molar-refractivity contribution in [3.8, 4) is 0 Å². The summed E-state index contributed by atoms with van der Waals surface area (Å²) in [6.07, 6.45) is 1.38. The predicted molar refractivity (Wildman–Crippen MR) is 106 cm³/mol. The van der Waals surface area contributed by atoms with E-state index < -0.39 is 20.0 Å². The average Bonchev–Trinajstić information content (AvgIpc) is 2.57. The lowest BCUT2D eigenvalue weighted by molar-refractivity contribution is 0.574. The van der Waals surface area contributed by atoms with Crippen LogP contribution < -0.4 is 9.03 Å². The minimum Gasteiger partial charge on any atom is -0.278 e. The van der Waals surface area contributed by atoms with E-state index in [0.717, 1.165) is 6.42 Å². The molecule has 0 amide bonds. The van der Waals surface area contributed by atoms with Gasteiger partial charge in [-0.3, -0.25) is 9.03 Å². The summed E-state index contributed by atoms with van der Waals surface area (Å²) in [4.78, 5) is 0.0616. The topological polar surface area (TPSA) is 83.6 Å². The number of hydrogen-bond acceptors (Lipinski definition) is 4. The van der Waals surface area contributed by atoms with Gasteiger partial charge in [-0.2, -0.15) is 0 Å². The predicted octanol–water partition coefficient (Wildman–Crippen LogP) is 3.49. The number of halogens is 1. The molecule has 9 heteroatoms. The largest absolute Gasteiger partial charge is 0.278 e. The van der Waals surface area contributed by atoms with Gasteiger partial charge in [0, 0.05) is 11.0 Å². The second kappa shape index (κ2) is 7.21. The lowest BCUT2D eigenvalue weighted by atomic mass is 10.2. The Kier molecular flexibility index (Phi) is 5.32. The van der Waals surface area contributed by atoms with Crippen molar-refractivity contribution in [2.75, 3.05) is 21.3 Å². The maximum atomic E-state index is 12.9. The highest BCUT2D eigenvalue weighted by molar-refractivity contribution is 9.10. The summed E-state index contributed by atoms with van der Waals surface area (Å²) in [7, 11) is -7.27. The molecule has 1 aliphatic heterocycles. The van der Waals surface area contributed by atoms with Gasteiger partial charge in [0.15, 0.2) is 0 Å². The zero-order valence-electron chi connectivity index (χ0n) is 14.1. The standard InChI is InChI=1S/C17H19BrN2O4S2/c1-13-8-9-14(20-10-4-5-11-25(20,21)22)12-17(13)26(23,24)19-16-7-3-2-6-15(16)18/h2-3,6-9,12,19H,4-5,10-11H2,1H3. The first-order valence-electron chi connectivity index (χ1n) is 8.09. The van der Waals surface area contributed by atoms with E-state index in [1.165, 1.54) is 10.4 Å². The zero-order valence-corrected chi connectivity index (χ0v) is 17.4. The number of benzene rings is 2. The van der Waals surface area contributed by atoms with E-state index >= 15 is 0 Å². The molecule has 0 aromatic heterocycles. The Balaban J connectivity index is 2.01. The molecule has 0 bridgehead atoms. The van der Waals surface area contributed by atoms with Crippen LogP contribution in [0.2, 0.25) is 0 Å². The number of sulfonamides is 2. The smallest absolute Gasteiger partial charge is 0.262 e. The molecule has 0 saturated carbocycles. The molecule has 2 aromatic carbocycles. The highest BCUT2D eigenvalue weighted by Gasteiger charge is 2.28. The van der Waals surface area contributed by atoms with Gasteiger partial charge in [-0.05, 0) is 65.5 Å². The van der Waals surface area contributed by atoms with Crippen molar-refractivity contribution in [1.82, 2.24) is 0 Å². The molecule has 0 spiro atoms. The number of nitrogens with zero attached hydrogens (tertiary/aromatic N) is 1. The second-order valence-electron chi connectivity index (χ2n) is 6.13. The Labute approximate surface area is 162 Å². The fourth-order valence-corrected chi connectivity index (χ4v) is 6.35. The molecule has 1 fully saturated rings. The monoisotopic (exact) mass is 458 g/mol. The van der Waals surface area contributed by atoms with E-state index in [0.29, 0.717) is 34.4 Å². The minimum atomic E-state index is -3.87. The number of aryl methyl sites for hydroxylation is 1. The SMILES string of the molecule is Cc1ccc(N2CCCCS2(=O)=O)cc1S(=O)(=O)Nc1ccccc1Br. The third-order valence-electron chi connectivity index (χ3n) is 4.22. The Morgan fingerprint density at radius 1 is 1.12 bits per heavy atom. The van der Waals surface area contributed by atoms with Gasteiger partial charge < -0.3 is 0 Å². The van der Waals surface area contributed by atoms with Gasteiger partial charge in [-0.15, -0.1) is 0 Å². The van der Waals surface area contributed by atoms with Gasteiger partial charge in [-0.25, -0.2) is 16.8 Å². The zero-order chi connectivity index (χ0) is 18.9. The number of nitrogens with one attached hydrogen (secondary N) is 1. The van der Waals surface area contributed by atoms with Gasteiger partial charge in [0.2, 0.25) is 10.0 Å². The van der Waals surface area contributed by atoms with Crippen molar-refractivity contribution >= 4 is 47.4 Å². The molecule has 26 heavy (non-hydrogen) atoms. The van der Waals surface area contributed by atoms with Crippen LogP contribution >= 0.6 is 15.9 Å². The van der Waals surface area contributed by atoms with Gasteiger partial charge in [-0.1, -0.05) is 18.2 Å². The van der Waals surface area contributed by atoms with Gasteiger partial charge in [0.1, 0.15) is 0 Å². The number of anilines is 2. The lowest BCUT2D eigenvalue weighted by Gasteiger charge is -2.28. The van der Waals surface area contributed by atoms with Gasteiger partial charge in [0.25, 0.3) is 10.0 Å². The fraction of sp³-hybridized carbons (Fsp3) is 0.294. The van der Waals surface area contributed by atoms with Crippen molar-refractivity contribution < 1.29 is 16.8 Å². The quantitative estimate of drug-likeness (QED) is 0.759. The number of rotatable bonds is 4. The van der Waals surface area contributed by atoms with Crippen LogP contribution in [0.25, 0.3) is 0 Å². The van der Waals surface area contributed by atoms with Crippen LogP contribution in [0, 0.1) is 6.92 Å². The highest BCUT2D eigenvalue weighted by Crippen LogP contribution is 2.30. The van der Waals surface area contributed by atoms with E-state index in [1.807, 2.05) is 0 Å². The first-order valence-corrected chi connectivity index (χ1v) is 12.0. The van der Waals surface area contributed by atoms with Crippen LogP contribution in [-0.2, 0) is 20.0 Å². The molecule has 0 atom stereocenters. The Bertz CT molecular complexity index is 1040. The molecule has 1 heterocycles. The molecule has 1 saturated heterocycles. The van der Waals surface area contributed by atoms with Crippen LogP contribution in [-0.4, -0.2) is 29.1 Å². The third kappa shape index (κ3) is 3.89. The van der Waals surface area contributed by atoms with Crippen molar-refractivity contribution in [1.29, 1.82) is 0 Å². The highest BCUT2D eigenvalue weighted by atomic mass is 79.9. The third-order valence-corrected chi connectivity index (χ3v) is 8.29. The van der Waals surface area contributed by atoms with Crippen LogP contribution in [0.3, 0.4) is 0 Å². The summed E-state index contributed by atoms with van der Waals surface area (Å²) >= 11 is 3.32. The molecule has 0 radical (unpaired) electrons. The van der Waals surface area contributed by atoms with Crippen molar-refractivity contribution in [2.24, 2.45) is 0 Å². The molecule has 3 rings (SSSR count). The molecule has 1 N–H and O–H groups in total. The molecule has 6 nitrogen and oxygen atoms in total. The van der Waals surface area contributed by atoms with Gasteiger partial charge >= 0.3 is 0 Å². The van der Waals surface area contributed by atoms with Crippen LogP contribution in [0.15, 0.2) is 51.8 Å². The molecule has 2 aromatic rings. The Hall–Kier alpha value is -1.58. The summed E-state index contributed by atoms with van der Waals surface area (Å²) in [5.41, 5.74) is 1.34. The molecule has 0 aliphatic carbocycles. The van der Waals surface area contributed by atoms with E-state index in [1.54, 1.807) is 43.3 Å².